The predicted molar refractivity (Wildman–Crippen MR) is 74.8 cm³/mol. The number of carbonyl (C=O) groups excluding carboxylic acids is 1. The normalized spacial score (nSPS) is 19.9. The molecule has 1 aromatic rings. The van der Waals surface area contributed by atoms with E-state index in [9.17, 15) is 4.79 Å². The van der Waals surface area contributed by atoms with E-state index < -0.39 is 0 Å². The van der Waals surface area contributed by atoms with Crippen molar-refractivity contribution in [3.05, 3.63) is 34.9 Å². The van der Waals surface area contributed by atoms with E-state index in [1.165, 1.54) is 0 Å². The summed E-state index contributed by atoms with van der Waals surface area (Å²) >= 11 is 9.29. The van der Waals surface area contributed by atoms with Crippen molar-refractivity contribution in [2.24, 2.45) is 0 Å². The maximum atomic E-state index is 11.8. The second kappa shape index (κ2) is 6.57. The summed E-state index contributed by atoms with van der Waals surface area (Å²) in [6.45, 7) is 0.331. The first-order valence-electron chi connectivity index (χ1n) is 5.36. The first-order chi connectivity index (χ1) is 8.25. The molecule has 1 heterocycles. The molecule has 2 rings (SSSR count). The molecule has 0 spiro atoms. The molecule has 0 bridgehead atoms. The average molecular weight is 289 g/mol. The van der Waals surface area contributed by atoms with Gasteiger partial charge in [0, 0.05) is 22.3 Å². The Labute approximate surface area is 114 Å². The topological polar surface area (TPSA) is 26.3 Å². The number of hydrogen-bond donors (Lipinski definition) is 0. The van der Waals surface area contributed by atoms with Gasteiger partial charge in [-0.1, -0.05) is 23.7 Å². The Morgan fingerprint density at radius 3 is 2.76 bits per heavy atom. The fraction of sp³-hybridized carbons (Fsp3) is 0.417. The number of esters is 1. The Morgan fingerprint density at radius 2 is 2.12 bits per heavy atom. The molecular formula is C12H13ClO2S2. The molecule has 1 saturated heterocycles. The smallest absolute Gasteiger partial charge is 0.320 e. The number of thioether (sulfide) groups is 2. The van der Waals surface area contributed by atoms with Crippen molar-refractivity contribution in [3.8, 4) is 0 Å². The van der Waals surface area contributed by atoms with E-state index >= 15 is 0 Å². The predicted octanol–water partition coefficient (Wildman–Crippen LogP) is 3.23. The number of rotatable bonds is 3. The van der Waals surface area contributed by atoms with Gasteiger partial charge in [-0.25, -0.2) is 0 Å². The molecule has 0 amide bonds. The van der Waals surface area contributed by atoms with Crippen LogP contribution in [-0.2, 0) is 16.1 Å². The summed E-state index contributed by atoms with van der Waals surface area (Å²) in [7, 11) is 0. The zero-order chi connectivity index (χ0) is 12.1. The lowest BCUT2D eigenvalue weighted by Gasteiger charge is -2.19. The molecule has 0 saturated carbocycles. The minimum absolute atomic E-state index is 0.000972. The van der Waals surface area contributed by atoms with Gasteiger partial charge in [-0.15, -0.1) is 11.8 Å². The average Bonchev–Trinajstić information content (AvgIpc) is 2.39. The van der Waals surface area contributed by atoms with Crippen LogP contribution in [0.1, 0.15) is 5.56 Å². The van der Waals surface area contributed by atoms with Crippen LogP contribution in [0.5, 0.6) is 0 Å². The van der Waals surface area contributed by atoms with Crippen LogP contribution in [0.3, 0.4) is 0 Å². The molecule has 0 unspecified atom stereocenters. The summed E-state index contributed by atoms with van der Waals surface area (Å²) in [5.41, 5.74) is 0.969. The van der Waals surface area contributed by atoms with Crippen LogP contribution in [0.2, 0.25) is 5.02 Å². The van der Waals surface area contributed by atoms with Crippen molar-refractivity contribution in [1.29, 1.82) is 0 Å². The minimum Gasteiger partial charge on any atom is -0.460 e. The van der Waals surface area contributed by atoms with Crippen molar-refractivity contribution in [3.63, 3.8) is 0 Å². The van der Waals surface area contributed by atoms with Crippen molar-refractivity contribution >= 4 is 41.1 Å². The fourth-order valence-corrected chi connectivity index (χ4v) is 4.11. The Balaban J connectivity index is 1.81. The van der Waals surface area contributed by atoms with Crippen LogP contribution in [0, 0.1) is 0 Å². The van der Waals surface area contributed by atoms with Crippen LogP contribution < -0.4 is 0 Å². The first-order valence-corrected chi connectivity index (χ1v) is 7.94. The van der Waals surface area contributed by atoms with Gasteiger partial charge in [0.25, 0.3) is 0 Å². The lowest BCUT2D eigenvalue weighted by Crippen LogP contribution is -2.26. The number of carbonyl (C=O) groups is 1. The van der Waals surface area contributed by atoms with Gasteiger partial charge in [0.2, 0.25) is 0 Å². The Kier molecular flexibility index (Phi) is 5.07. The molecule has 0 aromatic heterocycles. The molecule has 1 atom stereocenters. The molecule has 5 heteroatoms. The molecule has 0 N–H and O–H groups in total. The van der Waals surface area contributed by atoms with E-state index in [0.717, 1.165) is 22.8 Å². The van der Waals surface area contributed by atoms with Crippen LogP contribution in [0.25, 0.3) is 0 Å². The molecule has 0 radical (unpaired) electrons. The van der Waals surface area contributed by atoms with E-state index in [2.05, 4.69) is 0 Å². The second-order valence-electron chi connectivity index (χ2n) is 3.67. The third kappa shape index (κ3) is 4.12. The highest BCUT2D eigenvalue weighted by Crippen LogP contribution is 2.25. The van der Waals surface area contributed by atoms with E-state index in [4.69, 9.17) is 16.3 Å². The minimum atomic E-state index is -0.0999. The van der Waals surface area contributed by atoms with Gasteiger partial charge >= 0.3 is 5.97 Å². The van der Waals surface area contributed by atoms with Gasteiger partial charge in [0.15, 0.2) is 0 Å². The van der Waals surface area contributed by atoms with E-state index in [1.807, 2.05) is 23.9 Å². The Bertz CT molecular complexity index is 375. The van der Waals surface area contributed by atoms with E-state index in [0.29, 0.717) is 11.6 Å². The van der Waals surface area contributed by atoms with Crippen molar-refractivity contribution in [1.82, 2.24) is 0 Å². The van der Waals surface area contributed by atoms with Crippen LogP contribution in [-0.4, -0.2) is 28.5 Å². The van der Waals surface area contributed by atoms with Crippen molar-refractivity contribution in [2.45, 2.75) is 11.9 Å². The highest BCUT2D eigenvalue weighted by atomic mass is 35.5. The van der Waals surface area contributed by atoms with Gasteiger partial charge < -0.3 is 4.74 Å². The zero-order valence-electron chi connectivity index (χ0n) is 9.23. The number of hydrogen-bond acceptors (Lipinski definition) is 4. The molecule has 1 fully saturated rings. The summed E-state index contributed by atoms with van der Waals surface area (Å²) in [6, 6.07) is 7.35. The maximum Gasteiger partial charge on any atom is 0.320 e. The molecule has 92 valence electrons. The molecule has 0 aliphatic carbocycles. The standard InChI is InChI=1S/C12H13ClO2S2/c13-10-3-1-9(2-4-10)7-15-12(14)11-8-16-5-6-17-11/h1-4,11H,5-8H2/t11-/m0/s1. The maximum absolute atomic E-state index is 11.8. The van der Waals surface area contributed by atoms with Crippen LogP contribution in [0.4, 0.5) is 0 Å². The lowest BCUT2D eigenvalue weighted by molar-refractivity contribution is -0.143. The first kappa shape index (κ1) is 13.1. The largest absolute Gasteiger partial charge is 0.460 e. The Hall–Kier alpha value is -0.320. The van der Waals surface area contributed by atoms with Crippen LogP contribution >= 0.6 is 35.1 Å². The SMILES string of the molecule is O=C(OCc1ccc(Cl)cc1)[C@@H]1CSCCS1. The third-order valence-electron chi connectivity index (χ3n) is 2.37. The molecule has 1 aromatic carbocycles. The fourth-order valence-electron chi connectivity index (χ4n) is 1.45. The van der Waals surface area contributed by atoms with Crippen LogP contribution in [0.15, 0.2) is 24.3 Å². The van der Waals surface area contributed by atoms with E-state index in [-0.39, 0.29) is 11.2 Å². The second-order valence-corrected chi connectivity index (χ2v) is 6.57. The van der Waals surface area contributed by atoms with Crippen molar-refractivity contribution < 1.29 is 9.53 Å². The highest BCUT2D eigenvalue weighted by Gasteiger charge is 2.23. The molecule has 1 aliphatic rings. The summed E-state index contributed by atoms with van der Waals surface area (Å²) in [6.07, 6.45) is 0. The van der Waals surface area contributed by atoms with Crippen molar-refractivity contribution in [2.75, 3.05) is 17.3 Å². The third-order valence-corrected chi connectivity index (χ3v) is 5.36. The highest BCUT2D eigenvalue weighted by molar-refractivity contribution is 8.07. The summed E-state index contributed by atoms with van der Waals surface area (Å²) < 4.78 is 5.29. The van der Waals surface area contributed by atoms with Gasteiger partial charge in [0.05, 0.1) is 0 Å². The molecule has 2 nitrogen and oxygen atoms in total. The van der Waals surface area contributed by atoms with Gasteiger partial charge in [-0.3, -0.25) is 4.79 Å². The van der Waals surface area contributed by atoms with Gasteiger partial charge in [0.1, 0.15) is 11.9 Å². The number of ether oxygens (including phenoxy) is 1. The molecule has 17 heavy (non-hydrogen) atoms. The monoisotopic (exact) mass is 288 g/mol. The van der Waals surface area contributed by atoms with E-state index in [1.54, 1.807) is 23.9 Å². The van der Waals surface area contributed by atoms with Gasteiger partial charge in [-0.2, -0.15) is 11.8 Å². The summed E-state index contributed by atoms with van der Waals surface area (Å²) in [5.74, 6) is 2.93. The molecular weight excluding hydrogens is 276 g/mol. The summed E-state index contributed by atoms with van der Waals surface area (Å²) in [5, 5.41) is 0.695. The zero-order valence-corrected chi connectivity index (χ0v) is 11.6. The quantitative estimate of drug-likeness (QED) is 0.798. The van der Waals surface area contributed by atoms with Gasteiger partial charge in [-0.05, 0) is 17.7 Å². The number of halogens is 1. The molecule has 1 aliphatic heterocycles. The Morgan fingerprint density at radius 1 is 1.35 bits per heavy atom. The summed E-state index contributed by atoms with van der Waals surface area (Å²) in [4.78, 5) is 11.8. The lowest BCUT2D eigenvalue weighted by atomic mass is 10.2. The number of benzene rings is 1.